The number of nitrogens with zero attached hydrogens (tertiary/aromatic N) is 5. The van der Waals surface area contributed by atoms with Crippen molar-refractivity contribution in [2.75, 3.05) is 0 Å². The van der Waals surface area contributed by atoms with Crippen molar-refractivity contribution in [3.63, 3.8) is 0 Å². The number of rotatable bonds is 4. The van der Waals surface area contributed by atoms with E-state index in [2.05, 4.69) is 103 Å². The van der Waals surface area contributed by atoms with Crippen LogP contribution >= 0.6 is 0 Å². The van der Waals surface area contributed by atoms with Crippen molar-refractivity contribution in [1.29, 1.82) is 0 Å². The average Bonchev–Trinajstić information content (AvgIpc) is 3.80. The molecule has 0 fully saturated rings. The SMILES string of the molecule is CC1(C)c2cc(-c3nc(-c4ccccc4)nc(-c4ccc(-c5cccc6c5oc5ccccc56)cc4)n3)ccc2-n2c1nc1ccccc12. The summed E-state index contributed by atoms with van der Waals surface area (Å²) >= 11 is 0. The third kappa shape index (κ3) is 4.20. The maximum Gasteiger partial charge on any atom is 0.164 e. The number of aromatic nitrogens is 5. The van der Waals surface area contributed by atoms with Crippen LogP contribution in [0.2, 0.25) is 0 Å². The molecular weight excluding hydrogens is 603 g/mol. The van der Waals surface area contributed by atoms with Gasteiger partial charge in [0.1, 0.15) is 17.0 Å². The number of hydrogen-bond donors (Lipinski definition) is 0. The van der Waals surface area contributed by atoms with Crippen LogP contribution in [0, 0.1) is 0 Å². The number of hydrogen-bond acceptors (Lipinski definition) is 5. The maximum atomic E-state index is 6.33. The minimum atomic E-state index is -0.291. The Bertz CT molecular complexity index is 2740. The second-order valence-corrected chi connectivity index (χ2v) is 13.1. The van der Waals surface area contributed by atoms with Gasteiger partial charge in [-0.25, -0.2) is 19.9 Å². The quantitative estimate of drug-likeness (QED) is 0.193. The van der Waals surface area contributed by atoms with E-state index in [-0.39, 0.29) is 5.41 Å². The fraction of sp³-hybridized carbons (Fsp3) is 0.0698. The van der Waals surface area contributed by atoms with Gasteiger partial charge in [-0.15, -0.1) is 0 Å². The predicted octanol–water partition coefficient (Wildman–Crippen LogP) is 10.4. The topological polar surface area (TPSA) is 69.6 Å². The number of furan rings is 1. The molecule has 1 aliphatic heterocycles. The predicted molar refractivity (Wildman–Crippen MR) is 196 cm³/mol. The van der Waals surface area contributed by atoms with Crippen LogP contribution in [0.3, 0.4) is 0 Å². The van der Waals surface area contributed by atoms with E-state index in [0.29, 0.717) is 17.5 Å². The highest BCUT2D eigenvalue weighted by molar-refractivity contribution is 6.09. The summed E-state index contributed by atoms with van der Waals surface area (Å²) in [7, 11) is 0. The van der Waals surface area contributed by atoms with Gasteiger partial charge in [0, 0.05) is 33.0 Å². The first-order valence-electron chi connectivity index (χ1n) is 16.5. The van der Waals surface area contributed by atoms with Crippen molar-refractivity contribution in [1.82, 2.24) is 24.5 Å². The monoisotopic (exact) mass is 631 g/mol. The zero-order valence-corrected chi connectivity index (χ0v) is 26.9. The van der Waals surface area contributed by atoms with Crippen LogP contribution in [0.1, 0.15) is 25.2 Å². The largest absolute Gasteiger partial charge is 0.455 e. The van der Waals surface area contributed by atoms with Crippen LogP contribution in [-0.2, 0) is 5.41 Å². The molecule has 10 rings (SSSR count). The van der Waals surface area contributed by atoms with Crippen LogP contribution < -0.4 is 0 Å². The fourth-order valence-corrected chi connectivity index (χ4v) is 7.30. The second kappa shape index (κ2) is 10.3. The molecule has 0 aliphatic carbocycles. The summed E-state index contributed by atoms with van der Waals surface area (Å²) in [6.45, 7) is 4.48. The van der Waals surface area contributed by atoms with Crippen molar-refractivity contribution >= 4 is 33.0 Å². The van der Waals surface area contributed by atoms with E-state index in [0.717, 1.165) is 72.3 Å². The molecule has 0 saturated carbocycles. The molecule has 4 heterocycles. The van der Waals surface area contributed by atoms with Crippen LogP contribution in [0.4, 0.5) is 0 Å². The van der Waals surface area contributed by atoms with Gasteiger partial charge in [0.15, 0.2) is 17.5 Å². The zero-order valence-electron chi connectivity index (χ0n) is 26.9. The van der Waals surface area contributed by atoms with Crippen LogP contribution in [0.25, 0.3) is 83.9 Å². The van der Waals surface area contributed by atoms with Gasteiger partial charge >= 0.3 is 0 Å². The third-order valence-corrected chi connectivity index (χ3v) is 9.81. The summed E-state index contributed by atoms with van der Waals surface area (Å²) in [5, 5.41) is 2.23. The molecule has 6 heteroatoms. The molecule has 0 bridgehead atoms. The lowest BCUT2D eigenvalue weighted by Gasteiger charge is -2.18. The smallest absolute Gasteiger partial charge is 0.164 e. The Labute approximate surface area is 282 Å². The average molecular weight is 632 g/mol. The molecule has 9 aromatic rings. The lowest BCUT2D eigenvalue weighted by atomic mass is 9.84. The van der Waals surface area contributed by atoms with E-state index in [4.69, 9.17) is 24.4 Å². The molecular formula is C43H29N5O. The maximum absolute atomic E-state index is 6.33. The van der Waals surface area contributed by atoms with E-state index in [1.54, 1.807) is 0 Å². The second-order valence-electron chi connectivity index (χ2n) is 13.1. The van der Waals surface area contributed by atoms with Gasteiger partial charge < -0.3 is 4.42 Å². The number of para-hydroxylation sites is 4. The van der Waals surface area contributed by atoms with E-state index in [9.17, 15) is 0 Å². The highest BCUT2D eigenvalue weighted by Gasteiger charge is 2.39. The van der Waals surface area contributed by atoms with E-state index >= 15 is 0 Å². The summed E-state index contributed by atoms with van der Waals surface area (Å²) in [6.07, 6.45) is 0. The van der Waals surface area contributed by atoms with E-state index in [1.165, 1.54) is 5.56 Å². The summed E-state index contributed by atoms with van der Waals surface area (Å²) in [6, 6.07) is 47.8. The minimum Gasteiger partial charge on any atom is -0.455 e. The first-order valence-corrected chi connectivity index (χ1v) is 16.5. The van der Waals surface area contributed by atoms with Crippen LogP contribution in [0.15, 0.2) is 144 Å². The molecule has 0 saturated heterocycles. The third-order valence-electron chi connectivity index (χ3n) is 9.81. The highest BCUT2D eigenvalue weighted by atomic mass is 16.3. The molecule has 0 spiro atoms. The Kier molecular flexibility index (Phi) is 5.82. The summed E-state index contributed by atoms with van der Waals surface area (Å²) < 4.78 is 8.61. The molecule has 0 radical (unpaired) electrons. The van der Waals surface area contributed by atoms with Crippen molar-refractivity contribution in [2.45, 2.75) is 19.3 Å². The standard InChI is InChI=1S/C43H29N5O/c1-43(2)33-25-29(23-24-35(33)48-36-17-8-7-16-34(36)44-42(43)48)41-46-39(27-11-4-3-5-12-27)45-40(47-41)28-21-19-26(20-22-28)30-14-10-15-32-31-13-6-9-18-37(31)49-38(30)32/h3-25H,1-2H3. The Morgan fingerprint density at radius 3 is 1.98 bits per heavy atom. The highest BCUT2D eigenvalue weighted by Crippen LogP contribution is 2.45. The molecule has 0 unspecified atom stereocenters. The van der Waals surface area contributed by atoms with Gasteiger partial charge in [0.2, 0.25) is 0 Å². The number of fused-ring (bicyclic) bond motifs is 8. The summed E-state index contributed by atoms with van der Waals surface area (Å²) in [5.74, 6) is 2.93. The van der Waals surface area contributed by atoms with Gasteiger partial charge in [-0.05, 0) is 61.4 Å². The Morgan fingerprint density at radius 2 is 1.16 bits per heavy atom. The van der Waals surface area contributed by atoms with Crippen LogP contribution in [-0.4, -0.2) is 24.5 Å². The molecule has 0 atom stereocenters. The van der Waals surface area contributed by atoms with Gasteiger partial charge in [-0.2, -0.15) is 0 Å². The molecule has 0 N–H and O–H groups in total. The van der Waals surface area contributed by atoms with Gasteiger partial charge in [0.05, 0.1) is 22.1 Å². The molecule has 6 aromatic carbocycles. The van der Waals surface area contributed by atoms with Gasteiger partial charge in [-0.1, -0.05) is 103 Å². The lowest BCUT2D eigenvalue weighted by molar-refractivity contribution is 0.621. The van der Waals surface area contributed by atoms with Gasteiger partial charge in [-0.3, -0.25) is 4.57 Å². The summed E-state index contributed by atoms with van der Waals surface area (Å²) in [4.78, 5) is 20.1. The number of imidazole rings is 1. The Hall–Kier alpha value is -6.40. The van der Waals surface area contributed by atoms with E-state index in [1.807, 2.05) is 54.6 Å². The van der Waals surface area contributed by atoms with E-state index < -0.39 is 0 Å². The fourth-order valence-electron chi connectivity index (χ4n) is 7.30. The lowest BCUT2D eigenvalue weighted by Crippen LogP contribution is -2.16. The molecule has 232 valence electrons. The zero-order chi connectivity index (χ0) is 32.7. The van der Waals surface area contributed by atoms with Crippen LogP contribution in [0.5, 0.6) is 0 Å². The molecule has 6 nitrogen and oxygen atoms in total. The minimum absolute atomic E-state index is 0.291. The molecule has 3 aromatic heterocycles. The van der Waals surface area contributed by atoms with Crippen molar-refractivity contribution < 1.29 is 4.42 Å². The molecule has 0 amide bonds. The Morgan fingerprint density at radius 1 is 0.531 bits per heavy atom. The molecule has 49 heavy (non-hydrogen) atoms. The van der Waals surface area contributed by atoms with Gasteiger partial charge in [0.25, 0.3) is 0 Å². The normalized spacial score (nSPS) is 13.3. The van der Waals surface area contributed by atoms with Crippen molar-refractivity contribution in [3.8, 4) is 51.0 Å². The van der Waals surface area contributed by atoms with Crippen molar-refractivity contribution in [2.24, 2.45) is 0 Å². The van der Waals surface area contributed by atoms with Crippen molar-refractivity contribution in [3.05, 3.63) is 151 Å². The summed E-state index contributed by atoms with van der Waals surface area (Å²) in [5.41, 5.74) is 10.9. The first kappa shape index (κ1) is 27.7. The first-order chi connectivity index (χ1) is 24.0. The number of benzene rings is 6. The Balaban J connectivity index is 1.09. The molecule has 1 aliphatic rings.